The summed E-state index contributed by atoms with van der Waals surface area (Å²) in [7, 11) is 3.64. The van der Waals surface area contributed by atoms with Gasteiger partial charge in [-0.3, -0.25) is 4.79 Å². The number of amides is 2. The fraction of sp³-hybridized carbons (Fsp3) is 0.471. The number of nitrogens with zero attached hydrogens (tertiary/aromatic N) is 3. The molecule has 1 fully saturated rings. The summed E-state index contributed by atoms with van der Waals surface area (Å²) < 4.78 is 5.31. The van der Waals surface area contributed by atoms with Gasteiger partial charge in [0.25, 0.3) is 0 Å². The molecule has 1 aromatic carbocycles. The fourth-order valence-electron chi connectivity index (χ4n) is 2.40. The van der Waals surface area contributed by atoms with Crippen molar-refractivity contribution in [3.8, 4) is 0 Å². The molecule has 0 unspecified atom stereocenters. The maximum absolute atomic E-state index is 12.0. The van der Waals surface area contributed by atoms with Crippen LogP contribution in [0.15, 0.2) is 35.3 Å². The summed E-state index contributed by atoms with van der Waals surface area (Å²) in [5.74, 6) is -0.222. The van der Waals surface area contributed by atoms with Crippen LogP contribution in [-0.4, -0.2) is 55.3 Å². The molecule has 1 aliphatic heterocycles. The average Bonchev–Trinajstić information content (AvgIpc) is 2.58. The standard InChI is InChI=1S/C17H23N3O3/c1-19(2)13-18-16(21)15-8-10-20(11-9-15)17(22)23-12-14-6-4-3-5-7-14/h3-7,13,15H,8-12H2,1-2H3/b18-13+. The smallest absolute Gasteiger partial charge is 0.410 e. The highest BCUT2D eigenvalue weighted by atomic mass is 16.6. The van der Waals surface area contributed by atoms with Gasteiger partial charge in [0.05, 0.1) is 6.34 Å². The molecular weight excluding hydrogens is 294 g/mol. The van der Waals surface area contributed by atoms with E-state index in [1.165, 1.54) is 6.34 Å². The van der Waals surface area contributed by atoms with E-state index in [0.29, 0.717) is 25.9 Å². The fourth-order valence-corrected chi connectivity index (χ4v) is 2.40. The van der Waals surface area contributed by atoms with E-state index in [1.54, 1.807) is 9.80 Å². The van der Waals surface area contributed by atoms with Crippen LogP contribution in [0.1, 0.15) is 18.4 Å². The first kappa shape index (κ1) is 17.0. The van der Waals surface area contributed by atoms with Gasteiger partial charge in [0, 0.05) is 33.1 Å². The lowest BCUT2D eigenvalue weighted by atomic mass is 9.96. The van der Waals surface area contributed by atoms with E-state index in [2.05, 4.69) is 4.99 Å². The lowest BCUT2D eigenvalue weighted by Crippen LogP contribution is -2.40. The molecule has 1 heterocycles. The first-order valence-corrected chi connectivity index (χ1v) is 7.76. The van der Waals surface area contributed by atoms with Gasteiger partial charge in [-0.2, -0.15) is 0 Å². The second-order valence-electron chi connectivity index (χ2n) is 5.85. The van der Waals surface area contributed by atoms with Gasteiger partial charge in [0.1, 0.15) is 6.61 Å². The number of hydrogen-bond donors (Lipinski definition) is 0. The van der Waals surface area contributed by atoms with Gasteiger partial charge in [-0.05, 0) is 18.4 Å². The zero-order valence-corrected chi connectivity index (χ0v) is 13.6. The van der Waals surface area contributed by atoms with Gasteiger partial charge in [0.2, 0.25) is 5.91 Å². The Morgan fingerprint density at radius 3 is 2.52 bits per heavy atom. The maximum Gasteiger partial charge on any atom is 0.410 e. The van der Waals surface area contributed by atoms with E-state index >= 15 is 0 Å². The molecule has 6 nitrogen and oxygen atoms in total. The number of likely N-dealkylation sites (tertiary alicyclic amines) is 1. The highest BCUT2D eigenvalue weighted by molar-refractivity contribution is 5.86. The van der Waals surface area contributed by atoms with Crippen molar-refractivity contribution < 1.29 is 14.3 Å². The molecule has 6 heteroatoms. The van der Waals surface area contributed by atoms with E-state index in [-0.39, 0.29) is 24.5 Å². The second-order valence-corrected chi connectivity index (χ2v) is 5.85. The summed E-state index contributed by atoms with van der Waals surface area (Å²) in [6.45, 7) is 1.33. The monoisotopic (exact) mass is 317 g/mol. The molecule has 23 heavy (non-hydrogen) atoms. The summed E-state index contributed by atoms with van der Waals surface area (Å²) in [5.41, 5.74) is 0.962. The Kier molecular flexibility index (Phi) is 6.14. The van der Waals surface area contributed by atoms with E-state index in [9.17, 15) is 9.59 Å². The van der Waals surface area contributed by atoms with Gasteiger partial charge >= 0.3 is 6.09 Å². The number of carbonyl (C=O) groups is 2. The molecule has 0 aromatic heterocycles. The Morgan fingerprint density at radius 1 is 1.26 bits per heavy atom. The molecular formula is C17H23N3O3. The van der Waals surface area contributed by atoms with Crippen molar-refractivity contribution in [2.24, 2.45) is 10.9 Å². The van der Waals surface area contributed by atoms with Crippen molar-refractivity contribution in [3.63, 3.8) is 0 Å². The van der Waals surface area contributed by atoms with Crippen LogP contribution in [0.2, 0.25) is 0 Å². The molecule has 1 saturated heterocycles. The highest BCUT2D eigenvalue weighted by Gasteiger charge is 2.27. The molecule has 0 N–H and O–H groups in total. The van der Waals surface area contributed by atoms with Crippen LogP contribution in [0.3, 0.4) is 0 Å². The van der Waals surface area contributed by atoms with Gasteiger partial charge in [-0.1, -0.05) is 30.3 Å². The van der Waals surface area contributed by atoms with E-state index in [4.69, 9.17) is 4.74 Å². The SMILES string of the molecule is CN(C)/C=N/C(=O)C1CCN(C(=O)OCc2ccccc2)CC1. The third-order valence-corrected chi connectivity index (χ3v) is 3.72. The van der Waals surface area contributed by atoms with E-state index in [0.717, 1.165) is 5.56 Å². The molecule has 0 atom stereocenters. The molecule has 0 aliphatic carbocycles. The van der Waals surface area contributed by atoms with Crippen LogP contribution >= 0.6 is 0 Å². The minimum absolute atomic E-state index is 0.107. The van der Waals surface area contributed by atoms with Crippen LogP contribution < -0.4 is 0 Å². The van der Waals surface area contributed by atoms with Gasteiger partial charge in [-0.15, -0.1) is 0 Å². The number of benzene rings is 1. The van der Waals surface area contributed by atoms with Gasteiger partial charge in [0.15, 0.2) is 0 Å². The molecule has 0 saturated carbocycles. The molecule has 2 amide bonds. The lowest BCUT2D eigenvalue weighted by Gasteiger charge is -2.29. The molecule has 1 aliphatic rings. The Labute approximate surface area is 136 Å². The summed E-state index contributed by atoms with van der Waals surface area (Å²) >= 11 is 0. The Morgan fingerprint density at radius 2 is 1.91 bits per heavy atom. The normalized spacial score (nSPS) is 15.7. The van der Waals surface area contributed by atoms with Gasteiger partial charge in [-0.25, -0.2) is 9.79 Å². The summed E-state index contributed by atoms with van der Waals surface area (Å²) in [6.07, 6.45) is 2.45. The molecule has 124 valence electrons. The topological polar surface area (TPSA) is 62.2 Å². The van der Waals surface area contributed by atoms with Gasteiger partial charge < -0.3 is 14.5 Å². The maximum atomic E-state index is 12.0. The Bertz CT molecular complexity index is 549. The van der Waals surface area contributed by atoms with Crippen LogP contribution in [0.25, 0.3) is 0 Å². The van der Waals surface area contributed by atoms with E-state index < -0.39 is 0 Å². The first-order valence-electron chi connectivity index (χ1n) is 7.76. The summed E-state index contributed by atoms with van der Waals surface area (Å²) in [5, 5.41) is 0. The molecule has 0 bridgehead atoms. The van der Waals surface area contributed by atoms with Crippen LogP contribution in [-0.2, 0) is 16.1 Å². The van der Waals surface area contributed by atoms with Crippen LogP contribution in [0, 0.1) is 5.92 Å². The highest BCUT2D eigenvalue weighted by Crippen LogP contribution is 2.19. The van der Waals surface area contributed by atoms with Crippen molar-refractivity contribution >= 4 is 18.3 Å². The number of hydrogen-bond acceptors (Lipinski definition) is 3. The molecule has 1 aromatic rings. The van der Waals surface area contributed by atoms with Crippen molar-refractivity contribution in [3.05, 3.63) is 35.9 Å². The zero-order valence-electron chi connectivity index (χ0n) is 13.6. The summed E-state index contributed by atoms with van der Waals surface area (Å²) in [6, 6.07) is 9.58. The third kappa shape index (κ3) is 5.39. The lowest BCUT2D eigenvalue weighted by molar-refractivity contribution is -0.122. The van der Waals surface area contributed by atoms with Crippen molar-refractivity contribution in [2.45, 2.75) is 19.4 Å². The van der Waals surface area contributed by atoms with Crippen molar-refractivity contribution in [1.29, 1.82) is 0 Å². The van der Waals surface area contributed by atoms with Crippen molar-refractivity contribution in [2.75, 3.05) is 27.2 Å². The second kappa shape index (κ2) is 8.31. The largest absolute Gasteiger partial charge is 0.445 e. The Hall–Kier alpha value is -2.37. The van der Waals surface area contributed by atoms with Crippen LogP contribution in [0.4, 0.5) is 4.79 Å². The first-order chi connectivity index (χ1) is 11.1. The quantitative estimate of drug-likeness (QED) is 0.630. The van der Waals surface area contributed by atoms with E-state index in [1.807, 2.05) is 44.4 Å². The number of carbonyl (C=O) groups excluding carboxylic acids is 2. The number of rotatable bonds is 4. The predicted molar refractivity (Wildman–Crippen MR) is 88.1 cm³/mol. The minimum Gasteiger partial charge on any atom is -0.445 e. The molecule has 0 spiro atoms. The minimum atomic E-state index is -0.323. The average molecular weight is 317 g/mol. The molecule has 0 radical (unpaired) electrons. The van der Waals surface area contributed by atoms with Crippen LogP contribution in [0.5, 0.6) is 0 Å². The zero-order chi connectivity index (χ0) is 16.7. The van der Waals surface area contributed by atoms with Crippen molar-refractivity contribution in [1.82, 2.24) is 9.80 Å². The third-order valence-electron chi connectivity index (χ3n) is 3.72. The Balaban J connectivity index is 1.75. The predicted octanol–water partition coefficient (Wildman–Crippen LogP) is 2.15. The summed E-state index contributed by atoms with van der Waals surface area (Å²) in [4.78, 5) is 31.3. The molecule has 2 rings (SSSR count). The number of aliphatic imine (C=N–C) groups is 1. The number of piperidine rings is 1. The number of ether oxygens (including phenoxy) is 1.